The third kappa shape index (κ3) is 3.29. The lowest BCUT2D eigenvalue weighted by atomic mass is 10.3. The summed E-state index contributed by atoms with van der Waals surface area (Å²) in [6, 6.07) is 5.37. The minimum absolute atomic E-state index is 0.0570. The summed E-state index contributed by atoms with van der Waals surface area (Å²) in [6.07, 6.45) is 0. The molecule has 5 heteroatoms. The number of rotatable bonds is 4. The lowest BCUT2D eigenvalue weighted by Crippen LogP contribution is -2.18. The molecule has 2 atom stereocenters. The molecule has 2 unspecified atom stereocenters. The molecule has 0 heterocycles. The first-order valence-electron chi connectivity index (χ1n) is 4.50. The van der Waals surface area contributed by atoms with Gasteiger partial charge in [-0.3, -0.25) is 4.21 Å². The first kappa shape index (κ1) is 12.7. The van der Waals surface area contributed by atoms with Crippen LogP contribution in [-0.4, -0.2) is 23.2 Å². The summed E-state index contributed by atoms with van der Waals surface area (Å²) in [6.45, 7) is 2.34. The number of anilines is 1. The van der Waals surface area contributed by atoms with Gasteiger partial charge in [0.2, 0.25) is 0 Å². The zero-order chi connectivity index (χ0) is 11.4. The summed E-state index contributed by atoms with van der Waals surface area (Å²) < 4.78 is 17.9. The van der Waals surface area contributed by atoms with Crippen molar-refractivity contribution in [3.05, 3.63) is 22.7 Å². The molecule has 0 aliphatic carbocycles. The van der Waals surface area contributed by atoms with Crippen molar-refractivity contribution < 1.29 is 8.95 Å². The van der Waals surface area contributed by atoms with E-state index in [1.54, 1.807) is 19.2 Å². The Bertz CT molecular complexity index is 370. The van der Waals surface area contributed by atoms with E-state index in [2.05, 4.69) is 15.9 Å². The molecule has 0 saturated heterocycles. The van der Waals surface area contributed by atoms with Gasteiger partial charge in [0, 0.05) is 17.3 Å². The highest BCUT2D eigenvalue weighted by atomic mass is 79.9. The van der Waals surface area contributed by atoms with Crippen molar-refractivity contribution in [1.82, 2.24) is 0 Å². The largest absolute Gasteiger partial charge is 0.398 e. The van der Waals surface area contributed by atoms with Gasteiger partial charge in [0.05, 0.1) is 27.6 Å². The summed E-state index contributed by atoms with van der Waals surface area (Å²) in [5.74, 6) is 0. The van der Waals surface area contributed by atoms with E-state index in [9.17, 15) is 4.21 Å². The molecule has 3 nitrogen and oxygen atoms in total. The minimum Gasteiger partial charge on any atom is -0.398 e. The third-order valence-corrected chi connectivity index (χ3v) is 4.12. The standard InChI is InChI=1S/C10H14BrNO2S/c1-7(6-14-2)15(13)10-4-3-8(11)5-9(10)12/h3-5,7H,6,12H2,1-2H3. The molecule has 0 aliphatic heterocycles. The van der Waals surface area contributed by atoms with E-state index in [1.807, 2.05) is 13.0 Å². The molecule has 0 saturated carbocycles. The van der Waals surface area contributed by atoms with Gasteiger partial charge in [0.1, 0.15) is 0 Å². The van der Waals surface area contributed by atoms with Gasteiger partial charge in [0.25, 0.3) is 0 Å². The topological polar surface area (TPSA) is 52.3 Å². The number of methoxy groups -OCH3 is 1. The van der Waals surface area contributed by atoms with Crippen LogP contribution >= 0.6 is 15.9 Å². The molecule has 0 amide bonds. The van der Waals surface area contributed by atoms with E-state index in [4.69, 9.17) is 10.5 Å². The molecule has 0 bridgehead atoms. The first-order valence-corrected chi connectivity index (χ1v) is 6.51. The Morgan fingerprint density at radius 1 is 1.60 bits per heavy atom. The molecule has 0 aromatic heterocycles. The van der Waals surface area contributed by atoms with Crippen LogP contribution in [-0.2, 0) is 15.5 Å². The average Bonchev–Trinajstić information content (AvgIpc) is 2.17. The number of ether oxygens (including phenoxy) is 1. The monoisotopic (exact) mass is 291 g/mol. The Balaban J connectivity index is 2.91. The molecule has 1 rings (SSSR count). The lowest BCUT2D eigenvalue weighted by Gasteiger charge is -2.12. The normalized spacial score (nSPS) is 14.9. The van der Waals surface area contributed by atoms with E-state index in [1.165, 1.54) is 0 Å². The van der Waals surface area contributed by atoms with Crippen LogP contribution in [0.1, 0.15) is 6.92 Å². The van der Waals surface area contributed by atoms with Crippen molar-refractivity contribution in [2.24, 2.45) is 0 Å². The molecule has 84 valence electrons. The van der Waals surface area contributed by atoms with Crippen molar-refractivity contribution in [1.29, 1.82) is 0 Å². The number of nitrogen functional groups attached to an aromatic ring is 1. The number of benzene rings is 1. The van der Waals surface area contributed by atoms with Crippen molar-refractivity contribution in [3.8, 4) is 0 Å². The zero-order valence-electron chi connectivity index (χ0n) is 8.70. The van der Waals surface area contributed by atoms with Crippen molar-refractivity contribution >= 4 is 32.4 Å². The van der Waals surface area contributed by atoms with E-state index in [0.29, 0.717) is 17.2 Å². The van der Waals surface area contributed by atoms with E-state index >= 15 is 0 Å². The Morgan fingerprint density at radius 3 is 2.80 bits per heavy atom. The number of halogens is 1. The van der Waals surface area contributed by atoms with Gasteiger partial charge in [0.15, 0.2) is 0 Å². The van der Waals surface area contributed by atoms with Crippen LogP contribution in [0.15, 0.2) is 27.6 Å². The SMILES string of the molecule is COCC(C)S(=O)c1ccc(Br)cc1N. The predicted octanol–water partition coefficient (Wildman–Crippen LogP) is 2.17. The highest BCUT2D eigenvalue weighted by molar-refractivity contribution is 9.10. The van der Waals surface area contributed by atoms with Crippen LogP contribution in [0.2, 0.25) is 0 Å². The number of nitrogens with two attached hydrogens (primary N) is 1. The average molecular weight is 292 g/mol. The molecule has 0 aliphatic rings. The maximum atomic E-state index is 12.0. The van der Waals surface area contributed by atoms with Gasteiger partial charge < -0.3 is 10.5 Å². The Kier molecular flexibility index (Phi) is 4.76. The molecular weight excluding hydrogens is 278 g/mol. The molecule has 2 N–H and O–H groups in total. The molecule has 0 fully saturated rings. The molecule has 1 aromatic carbocycles. The van der Waals surface area contributed by atoms with Gasteiger partial charge in [-0.1, -0.05) is 15.9 Å². The molecule has 1 aromatic rings. The van der Waals surface area contributed by atoms with Crippen molar-refractivity contribution in [2.45, 2.75) is 17.1 Å². The van der Waals surface area contributed by atoms with Crippen LogP contribution in [0.3, 0.4) is 0 Å². The molecular formula is C10H14BrNO2S. The van der Waals surface area contributed by atoms with Crippen LogP contribution in [0.25, 0.3) is 0 Å². The third-order valence-electron chi connectivity index (χ3n) is 1.96. The fourth-order valence-electron chi connectivity index (χ4n) is 1.22. The molecule has 0 radical (unpaired) electrons. The Hall–Kier alpha value is -0.390. The highest BCUT2D eigenvalue weighted by Gasteiger charge is 2.15. The zero-order valence-corrected chi connectivity index (χ0v) is 11.1. The summed E-state index contributed by atoms with van der Waals surface area (Å²) in [4.78, 5) is 0.669. The fraction of sp³-hybridized carbons (Fsp3) is 0.400. The van der Waals surface area contributed by atoms with E-state index < -0.39 is 10.8 Å². The quantitative estimate of drug-likeness (QED) is 0.865. The second-order valence-corrected chi connectivity index (χ2v) is 6.00. The second kappa shape index (κ2) is 5.63. The molecule has 0 spiro atoms. The summed E-state index contributed by atoms with van der Waals surface area (Å²) in [5.41, 5.74) is 6.34. The fourth-order valence-corrected chi connectivity index (χ4v) is 2.78. The summed E-state index contributed by atoms with van der Waals surface area (Å²) >= 11 is 3.31. The maximum Gasteiger partial charge on any atom is 0.0621 e. The Morgan fingerprint density at radius 2 is 2.27 bits per heavy atom. The first-order chi connectivity index (χ1) is 7.06. The van der Waals surface area contributed by atoms with E-state index in [0.717, 1.165) is 4.47 Å². The summed E-state index contributed by atoms with van der Waals surface area (Å²) in [5, 5.41) is -0.0570. The predicted molar refractivity (Wildman–Crippen MR) is 66.3 cm³/mol. The Labute approximate surface area is 101 Å². The molecule has 15 heavy (non-hydrogen) atoms. The van der Waals surface area contributed by atoms with Crippen molar-refractivity contribution in [2.75, 3.05) is 19.5 Å². The second-order valence-electron chi connectivity index (χ2n) is 3.25. The number of hydrogen-bond donors (Lipinski definition) is 1. The van der Waals surface area contributed by atoms with Crippen LogP contribution in [0.4, 0.5) is 5.69 Å². The van der Waals surface area contributed by atoms with Gasteiger partial charge in [-0.05, 0) is 25.1 Å². The van der Waals surface area contributed by atoms with Gasteiger partial charge in [-0.25, -0.2) is 0 Å². The smallest absolute Gasteiger partial charge is 0.0621 e. The van der Waals surface area contributed by atoms with Crippen molar-refractivity contribution in [3.63, 3.8) is 0 Å². The lowest BCUT2D eigenvalue weighted by molar-refractivity contribution is 0.202. The van der Waals surface area contributed by atoms with E-state index in [-0.39, 0.29) is 5.25 Å². The minimum atomic E-state index is -1.12. The highest BCUT2D eigenvalue weighted by Crippen LogP contribution is 2.23. The van der Waals surface area contributed by atoms with Crippen LogP contribution in [0.5, 0.6) is 0 Å². The summed E-state index contributed by atoms with van der Waals surface area (Å²) in [7, 11) is 0.477. The van der Waals surface area contributed by atoms with Gasteiger partial charge in [-0.15, -0.1) is 0 Å². The van der Waals surface area contributed by atoms with Crippen LogP contribution < -0.4 is 5.73 Å². The maximum absolute atomic E-state index is 12.0. The van der Waals surface area contributed by atoms with Crippen LogP contribution in [0, 0.1) is 0 Å². The van der Waals surface area contributed by atoms with Gasteiger partial charge >= 0.3 is 0 Å². The number of hydrogen-bond acceptors (Lipinski definition) is 3. The van der Waals surface area contributed by atoms with Gasteiger partial charge in [-0.2, -0.15) is 0 Å².